The van der Waals surface area contributed by atoms with Crippen LogP contribution in [0.5, 0.6) is 0 Å². The van der Waals surface area contributed by atoms with Crippen LogP contribution in [0.15, 0.2) is 0 Å². The van der Waals surface area contributed by atoms with Gasteiger partial charge in [-0.05, 0) is 38.5 Å². The number of hydrogen-bond donors (Lipinski definition) is 0. The second kappa shape index (κ2) is 9.26. The number of nitrogens with zero attached hydrogens (tertiary/aromatic N) is 1. The third kappa shape index (κ3) is 5.79. The quantitative estimate of drug-likeness (QED) is 0.705. The highest BCUT2D eigenvalue weighted by Gasteiger charge is 2.28. The summed E-state index contributed by atoms with van der Waals surface area (Å²) in [6, 6.07) is 0. The normalized spacial score (nSPS) is 21.9. The van der Waals surface area contributed by atoms with Crippen LogP contribution < -0.4 is 0 Å². The average Bonchev–Trinajstić information content (AvgIpc) is 2.60. The minimum absolute atomic E-state index is 0.0252. The molecule has 5 nitrogen and oxygen atoms in total. The molecule has 0 N–H and O–H groups in total. The number of ether oxygens (including phenoxy) is 2. The van der Waals surface area contributed by atoms with Gasteiger partial charge < -0.3 is 14.4 Å². The molecular weight excluding hydrogens is 294 g/mol. The molecule has 0 aromatic heterocycles. The maximum atomic E-state index is 12.3. The molecule has 2 rings (SSSR count). The summed E-state index contributed by atoms with van der Waals surface area (Å²) in [4.78, 5) is 25.7. The second-order valence-electron chi connectivity index (χ2n) is 7.03. The molecule has 2 aliphatic rings. The topological polar surface area (TPSA) is 55.8 Å². The summed E-state index contributed by atoms with van der Waals surface area (Å²) < 4.78 is 10.7. The Morgan fingerprint density at radius 3 is 2.35 bits per heavy atom. The van der Waals surface area contributed by atoms with E-state index in [2.05, 4.69) is 0 Å². The molecule has 0 radical (unpaired) electrons. The predicted molar refractivity (Wildman–Crippen MR) is 87.9 cm³/mol. The van der Waals surface area contributed by atoms with E-state index in [1.165, 1.54) is 39.2 Å². The maximum absolute atomic E-state index is 12.3. The fourth-order valence-corrected chi connectivity index (χ4v) is 3.62. The van der Waals surface area contributed by atoms with Crippen molar-refractivity contribution in [3.8, 4) is 0 Å². The summed E-state index contributed by atoms with van der Waals surface area (Å²) in [7, 11) is 1.42. The minimum Gasteiger partial charge on any atom is -0.469 e. The summed E-state index contributed by atoms with van der Waals surface area (Å²) >= 11 is 0. The molecule has 132 valence electrons. The molecule has 0 bridgehead atoms. The number of carbonyl (C=O) groups is 2. The van der Waals surface area contributed by atoms with E-state index in [0.29, 0.717) is 38.3 Å². The highest BCUT2D eigenvalue weighted by atomic mass is 16.5. The lowest BCUT2D eigenvalue weighted by atomic mass is 9.90. The van der Waals surface area contributed by atoms with Crippen molar-refractivity contribution in [2.45, 2.75) is 64.4 Å². The van der Waals surface area contributed by atoms with Crippen LogP contribution in [0, 0.1) is 11.8 Å². The third-order valence-electron chi connectivity index (χ3n) is 5.19. The van der Waals surface area contributed by atoms with Crippen LogP contribution in [0.2, 0.25) is 0 Å². The number of likely N-dealkylation sites (tertiary alicyclic amines) is 1. The Labute approximate surface area is 139 Å². The van der Waals surface area contributed by atoms with Crippen molar-refractivity contribution in [2.75, 3.05) is 26.8 Å². The Bertz CT molecular complexity index is 384. The van der Waals surface area contributed by atoms with E-state index in [4.69, 9.17) is 9.47 Å². The van der Waals surface area contributed by atoms with Crippen molar-refractivity contribution >= 4 is 11.9 Å². The maximum Gasteiger partial charge on any atom is 0.308 e. The summed E-state index contributed by atoms with van der Waals surface area (Å²) in [5.74, 6) is 0.617. The van der Waals surface area contributed by atoms with Crippen molar-refractivity contribution in [2.24, 2.45) is 11.8 Å². The Kier molecular flexibility index (Phi) is 7.34. The third-order valence-corrected chi connectivity index (χ3v) is 5.19. The fourth-order valence-electron chi connectivity index (χ4n) is 3.62. The van der Waals surface area contributed by atoms with Gasteiger partial charge in [-0.15, -0.1) is 0 Å². The SMILES string of the molecule is COC(=O)C1CCN(C(=O)C[C@@H](C)OCC2CCCCC2)CC1. The molecule has 1 saturated heterocycles. The van der Waals surface area contributed by atoms with Gasteiger partial charge in [-0.1, -0.05) is 19.3 Å². The van der Waals surface area contributed by atoms with Gasteiger partial charge in [0.25, 0.3) is 0 Å². The van der Waals surface area contributed by atoms with Gasteiger partial charge in [0.2, 0.25) is 5.91 Å². The molecule has 1 atom stereocenters. The molecule has 0 unspecified atom stereocenters. The number of hydrogen-bond acceptors (Lipinski definition) is 4. The monoisotopic (exact) mass is 325 g/mol. The van der Waals surface area contributed by atoms with Crippen molar-refractivity contribution < 1.29 is 19.1 Å². The van der Waals surface area contributed by atoms with E-state index in [-0.39, 0.29) is 23.9 Å². The van der Waals surface area contributed by atoms with Gasteiger partial charge in [0.1, 0.15) is 0 Å². The highest BCUT2D eigenvalue weighted by molar-refractivity contribution is 5.77. The van der Waals surface area contributed by atoms with E-state index in [1.54, 1.807) is 0 Å². The number of amides is 1. The zero-order valence-electron chi connectivity index (χ0n) is 14.6. The molecule has 0 aromatic carbocycles. The van der Waals surface area contributed by atoms with Crippen molar-refractivity contribution in [3.05, 3.63) is 0 Å². The number of esters is 1. The zero-order chi connectivity index (χ0) is 16.7. The van der Waals surface area contributed by atoms with Crippen LogP contribution in [-0.4, -0.2) is 49.7 Å². The van der Waals surface area contributed by atoms with Crippen LogP contribution in [-0.2, 0) is 19.1 Å². The molecule has 0 aromatic rings. The number of methoxy groups -OCH3 is 1. The van der Waals surface area contributed by atoms with Crippen LogP contribution in [0.3, 0.4) is 0 Å². The van der Waals surface area contributed by atoms with Crippen molar-refractivity contribution in [1.82, 2.24) is 4.90 Å². The van der Waals surface area contributed by atoms with E-state index < -0.39 is 0 Å². The van der Waals surface area contributed by atoms with Gasteiger partial charge >= 0.3 is 5.97 Å². The molecule has 0 spiro atoms. The molecule has 2 fully saturated rings. The molecule has 23 heavy (non-hydrogen) atoms. The van der Waals surface area contributed by atoms with Crippen LogP contribution in [0.1, 0.15) is 58.3 Å². The first-order valence-electron chi connectivity index (χ1n) is 9.07. The zero-order valence-corrected chi connectivity index (χ0v) is 14.6. The second-order valence-corrected chi connectivity index (χ2v) is 7.03. The number of carbonyl (C=O) groups excluding carboxylic acids is 2. The molecular formula is C18H31NO4. The molecule has 1 saturated carbocycles. The highest BCUT2D eigenvalue weighted by Crippen LogP contribution is 2.24. The van der Waals surface area contributed by atoms with Gasteiger partial charge in [0.05, 0.1) is 25.6 Å². The molecule has 1 heterocycles. The first-order chi connectivity index (χ1) is 11.1. The summed E-state index contributed by atoms with van der Waals surface area (Å²) in [5.41, 5.74) is 0. The Morgan fingerprint density at radius 1 is 1.09 bits per heavy atom. The largest absolute Gasteiger partial charge is 0.469 e. The Morgan fingerprint density at radius 2 is 1.74 bits per heavy atom. The van der Waals surface area contributed by atoms with Gasteiger partial charge in [-0.25, -0.2) is 0 Å². The first-order valence-corrected chi connectivity index (χ1v) is 9.07. The lowest BCUT2D eigenvalue weighted by Crippen LogP contribution is -2.41. The summed E-state index contributed by atoms with van der Waals surface area (Å²) in [5, 5.41) is 0. The number of rotatable bonds is 6. The van der Waals surface area contributed by atoms with Crippen LogP contribution in [0.25, 0.3) is 0 Å². The molecule has 1 aliphatic carbocycles. The lowest BCUT2D eigenvalue weighted by molar-refractivity contribution is -0.149. The predicted octanol–water partition coefficient (Wildman–Crippen LogP) is 2.77. The Balaban J connectivity index is 1.64. The average molecular weight is 325 g/mol. The summed E-state index contributed by atoms with van der Waals surface area (Å²) in [6.07, 6.45) is 8.34. The molecule has 1 amide bonds. The first kappa shape index (κ1) is 18.2. The van der Waals surface area contributed by atoms with Gasteiger partial charge in [-0.2, -0.15) is 0 Å². The fraction of sp³-hybridized carbons (Fsp3) is 0.889. The minimum atomic E-state index is -0.152. The summed E-state index contributed by atoms with van der Waals surface area (Å²) in [6.45, 7) is 4.07. The van der Waals surface area contributed by atoms with Gasteiger partial charge in [0.15, 0.2) is 0 Å². The van der Waals surface area contributed by atoms with E-state index in [1.807, 2.05) is 11.8 Å². The van der Waals surface area contributed by atoms with E-state index in [0.717, 1.165) is 6.61 Å². The van der Waals surface area contributed by atoms with Gasteiger partial charge in [-0.3, -0.25) is 9.59 Å². The smallest absolute Gasteiger partial charge is 0.308 e. The Hall–Kier alpha value is -1.10. The van der Waals surface area contributed by atoms with Crippen LogP contribution >= 0.6 is 0 Å². The standard InChI is InChI=1S/C18H31NO4/c1-14(23-13-15-6-4-3-5-7-15)12-17(20)19-10-8-16(9-11-19)18(21)22-2/h14-16H,3-13H2,1-2H3/t14-/m1/s1. The molecule has 5 heteroatoms. The van der Waals surface area contributed by atoms with Crippen molar-refractivity contribution in [3.63, 3.8) is 0 Å². The van der Waals surface area contributed by atoms with Crippen LogP contribution in [0.4, 0.5) is 0 Å². The van der Waals surface area contributed by atoms with Gasteiger partial charge in [0, 0.05) is 19.7 Å². The molecule has 1 aliphatic heterocycles. The van der Waals surface area contributed by atoms with Crippen molar-refractivity contribution in [1.29, 1.82) is 0 Å². The van der Waals surface area contributed by atoms with E-state index >= 15 is 0 Å². The number of piperidine rings is 1. The lowest BCUT2D eigenvalue weighted by Gasteiger charge is -2.31. The van der Waals surface area contributed by atoms with E-state index in [9.17, 15) is 9.59 Å².